The maximum atomic E-state index is 10.8. The van der Waals surface area contributed by atoms with Crippen molar-refractivity contribution in [2.75, 3.05) is 6.54 Å². The molecule has 0 bridgehead atoms. The van der Waals surface area contributed by atoms with E-state index in [9.17, 15) is 10.1 Å². The van der Waals surface area contributed by atoms with Crippen LogP contribution in [0.3, 0.4) is 0 Å². The Hall–Kier alpha value is -2.21. The molecule has 0 amide bonds. The summed E-state index contributed by atoms with van der Waals surface area (Å²) in [6.45, 7) is 4.50. The lowest BCUT2D eigenvalue weighted by Crippen LogP contribution is -2.28. The van der Waals surface area contributed by atoms with Crippen LogP contribution in [0.25, 0.3) is 5.69 Å². The predicted molar refractivity (Wildman–Crippen MR) is 72.3 cm³/mol. The van der Waals surface area contributed by atoms with E-state index in [1.165, 1.54) is 12.1 Å². The van der Waals surface area contributed by atoms with Crippen LogP contribution in [0.4, 0.5) is 5.69 Å². The predicted octanol–water partition coefficient (Wildman–Crippen LogP) is 2.02. The highest BCUT2D eigenvalue weighted by atomic mass is 16.6. The van der Waals surface area contributed by atoms with Gasteiger partial charge in [-0.3, -0.25) is 10.1 Å². The van der Waals surface area contributed by atoms with Gasteiger partial charge in [0, 0.05) is 30.3 Å². The molecule has 0 atom stereocenters. The maximum absolute atomic E-state index is 10.8. The Labute approximate surface area is 111 Å². The Kier molecular flexibility index (Phi) is 3.35. The van der Waals surface area contributed by atoms with Crippen molar-refractivity contribution in [2.45, 2.75) is 19.3 Å². The summed E-state index contributed by atoms with van der Waals surface area (Å²) < 4.78 is 1.62. The number of non-ortho nitro benzene ring substituents is 1. The van der Waals surface area contributed by atoms with E-state index < -0.39 is 4.92 Å². The third kappa shape index (κ3) is 2.63. The van der Waals surface area contributed by atoms with Crippen LogP contribution in [0.2, 0.25) is 0 Å². The lowest BCUT2D eigenvalue weighted by molar-refractivity contribution is -0.384. The second-order valence-corrected chi connectivity index (χ2v) is 5.01. The summed E-state index contributed by atoms with van der Waals surface area (Å²) in [5.41, 5.74) is 7.07. The molecule has 0 aliphatic rings. The molecule has 19 heavy (non-hydrogen) atoms. The number of benzene rings is 1. The van der Waals surface area contributed by atoms with Gasteiger partial charge in [-0.1, -0.05) is 19.9 Å². The van der Waals surface area contributed by atoms with Crippen molar-refractivity contribution in [1.82, 2.24) is 9.78 Å². The number of hydrogen-bond acceptors (Lipinski definition) is 4. The average molecular weight is 260 g/mol. The van der Waals surface area contributed by atoms with Crippen LogP contribution in [-0.4, -0.2) is 21.2 Å². The number of rotatable bonds is 4. The van der Waals surface area contributed by atoms with Gasteiger partial charge in [-0.2, -0.15) is 5.10 Å². The number of nitro groups is 1. The molecule has 0 spiro atoms. The topological polar surface area (TPSA) is 87.0 Å². The van der Waals surface area contributed by atoms with Crippen LogP contribution < -0.4 is 5.73 Å². The molecule has 0 saturated heterocycles. The molecule has 0 radical (unpaired) electrons. The molecule has 1 heterocycles. The number of nitrogens with zero attached hydrogens (tertiary/aromatic N) is 3. The molecular formula is C13H16N4O2. The summed E-state index contributed by atoms with van der Waals surface area (Å²) in [5.74, 6) is 0. The molecule has 0 fully saturated rings. The van der Waals surface area contributed by atoms with Gasteiger partial charge >= 0.3 is 0 Å². The summed E-state index contributed by atoms with van der Waals surface area (Å²) in [6, 6.07) is 8.25. The molecule has 100 valence electrons. The van der Waals surface area contributed by atoms with Gasteiger partial charge in [-0.15, -0.1) is 0 Å². The normalized spacial score (nSPS) is 11.5. The van der Waals surface area contributed by atoms with Gasteiger partial charge in [0.05, 0.1) is 16.3 Å². The van der Waals surface area contributed by atoms with Gasteiger partial charge in [-0.05, 0) is 12.1 Å². The number of hydrogen-bond donors (Lipinski definition) is 1. The van der Waals surface area contributed by atoms with Gasteiger partial charge in [0.1, 0.15) is 0 Å². The van der Waals surface area contributed by atoms with Gasteiger partial charge in [0.25, 0.3) is 5.69 Å². The highest BCUT2D eigenvalue weighted by Gasteiger charge is 2.21. The molecule has 2 N–H and O–H groups in total. The summed E-state index contributed by atoms with van der Waals surface area (Å²) >= 11 is 0. The summed E-state index contributed by atoms with van der Waals surface area (Å²) in [7, 11) is 0. The molecule has 0 aliphatic heterocycles. The lowest BCUT2D eigenvalue weighted by Gasteiger charge is -2.19. The first kappa shape index (κ1) is 13.2. The molecule has 1 aromatic heterocycles. The van der Waals surface area contributed by atoms with Crippen LogP contribution >= 0.6 is 0 Å². The third-order valence-corrected chi connectivity index (χ3v) is 3.10. The van der Waals surface area contributed by atoms with Gasteiger partial charge in [0.15, 0.2) is 0 Å². The highest BCUT2D eigenvalue weighted by Crippen LogP contribution is 2.22. The summed E-state index contributed by atoms with van der Waals surface area (Å²) in [4.78, 5) is 10.3. The van der Waals surface area contributed by atoms with Crippen molar-refractivity contribution in [3.05, 3.63) is 52.3 Å². The van der Waals surface area contributed by atoms with E-state index in [4.69, 9.17) is 5.73 Å². The first-order valence-corrected chi connectivity index (χ1v) is 5.95. The van der Waals surface area contributed by atoms with E-state index in [0.29, 0.717) is 12.2 Å². The van der Waals surface area contributed by atoms with Crippen LogP contribution in [0.15, 0.2) is 36.5 Å². The Bertz CT molecular complexity index is 604. The second-order valence-electron chi connectivity index (χ2n) is 5.01. The Morgan fingerprint density at radius 1 is 1.42 bits per heavy atom. The minimum Gasteiger partial charge on any atom is -0.330 e. The maximum Gasteiger partial charge on any atom is 0.271 e. The summed E-state index contributed by atoms with van der Waals surface area (Å²) in [6.07, 6.45) is 1.78. The van der Waals surface area contributed by atoms with Gasteiger partial charge in [0.2, 0.25) is 0 Å². The van der Waals surface area contributed by atoms with E-state index in [1.54, 1.807) is 23.0 Å². The van der Waals surface area contributed by atoms with Crippen LogP contribution in [-0.2, 0) is 5.41 Å². The zero-order valence-corrected chi connectivity index (χ0v) is 10.9. The second kappa shape index (κ2) is 4.81. The molecular weight excluding hydrogens is 244 g/mol. The highest BCUT2D eigenvalue weighted by molar-refractivity contribution is 5.42. The largest absolute Gasteiger partial charge is 0.330 e. The van der Waals surface area contributed by atoms with E-state index in [1.807, 2.05) is 19.9 Å². The van der Waals surface area contributed by atoms with Crippen molar-refractivity contribution in [1.29, 1.82) is 0 Å². The van der Waals surface area contributed by atoms with E-state index in [2.05, 4.69) is 5.10 Å². The molecule has 2 rings (SSSR count). The molecule has 0 unspecified atom stereocenters. The van der Waals surface area contributed by atoms with E-state index in [0.717, 1.165) is 5.69 Å². The monoisotopic (exact) mass is 260 g/mol. The minimum absolute atomic E-state index is 0.0487. The fourth-order valence-corrected chi connectivity index (χ4v) is 1.68. The lowest BCUT2D eigenvalue weighted by atomic mass is 9.90. The first-order valence-electron chi connectivity index (χ1n) is 5.95. The van der Waals surface area contributed by atoms with Crippen LogP contribution in [0.5, 0.6) is 0 Å². The zero-order chi connectivity index (χ0) is 14.0. The van der Waals surface area contributed by atoms with Crippen molar-refractivity contribution >= 4 is 5.69 Å². The van der Waals surface area contributed by atoms with Crippen LogP contribution in [0.1, 0.15) is 19.5 Å². The van der Waals surface area contributed by atoms with Crippen molar-refractivity contribution in [3.8, 4) is 5.69 Å². The number of nitro benzene ring substituents is 1. The Morgan fingerprint density at radius 3 is 2.79 bits per heavy atom. The molecule has 2 aromatic rings. The minimum atomic E-state index is -0.419. The number of aromatic nitrogens is 2. The fraction of sp³-hybridized carbons (Fsp3) is 0.308. The fourth-order valence-electron chi connectivity index (χ4n) is 1.68. The molecule has 0 saturated carbocycles. The third-order valence-electron chi connectivity index (χ3n) is 3.10. The van der Waals surface area contributed by atoms with E-state index in [-0.39, 0.29) is 11.1 Å². The Morgan fingerprint density at radius 2 is 2.16 bits per heavy atom. The zero-order valence-electron chi connectivity index (χ0n) is 10.9. The van der Waals surface area contributed by atoms with Crippen molar-refractivity contribution < 1.29 is 4.92 Å². The Balaban J connectivity index is 2.38. The van der Waals surface area contributed by atoms with Gasteiger partial charge < -0.3 is 5.73 Å². The summed E-state index contributed by atoms with van der Waals surface area (Å²) in [5, 5.41) is 15.2. The van der Waals surface area contributed by atoms with E-state index >= 15 is 0 Å². The average Bonchev–Trinajstić information content (AvgIpc) is 2.89. The standard InChI is InChI=1S/C13H16N4O2/c1-13(2,9-14)12-6-7-16(15-12)10-4-3-5-11(8-10)17(18)19/h3-8H,9,14H2,1-2H3. The quantitative estimate of drug-likeness (QED) is 0.673. The number of nitrogens with two attached hydrogens (primary N) is 1. The first-order chi connectivity index (χ1) is 8.94. The van der Waals surface area contributed by atoms with Gasteiger partial charge in [-0.25, -0.2) is 4.68 Å². The van der Waals surface area contributed by atoms with Crippen molar-refractivity contribution in [3.63, 3.8) is 0 Å². The molecule has 6 heteroatoms. The smallest absolute Gasteiger partial charge is 0.271 e. The molecule has 0 aliphatic carbocycles. The molecule has 1 aromatic carbocycles. The van der Waals surface area contributed by atoms with Crippen LogP contribution in [0, 0.1) is 10.1 Å². The van der Waals surface area contributed by atoms with Crippen molar-refractivity contribution in [2.24, 2.45) is 5.73 Å². The SMILES string of the molecule is CC(C)(CN)c1ccn(-c2cccc([N+](=O)[O-])c2)n1. The molecule has 6 nitrogen and oxygen atoms in total.